The van der Waals surface area contributed by atoms with Gasteiger partial charge in [-0.05, 0) is 31.4 Å². The lowest BCUT2D eigenvalue weighted by Crippen LogP contribution is -2.42. The molecule has 0 aromatic carbocycles. The van der Waals surface area contributed by atoms with E-state index < -0.39 is 0 Å². The predicted molar refractivity (Wildman–Crippen MR) is 93.4 cm³/mol. The lowest BCUT2D eigenvalue weighted by atomic mass is 9.96. The molecule has 1 unspecified atom stereocenters. The summed E-state index contributed by atoms with van der Waals surface area (Å²) in [4.78, 5) is 19.9. The Bertz CT molecular complexity index is 681. The Kier molecular flexibility index (Phi) is 4.64. The second-order valence-electron chi connectivity index (χ2n) is 7.36. The van der Waals surface area contributed by atoms with Gasteiger partial charge >= 0.3 is 6.01 Å². The van der Waals surface area contributed by atoms with Crippen LogP contribution in [0.5, 0.6) is 6.01 Å². The molecule has 24 heavy (non-hydrogen) atoms. The van der Waals surface area contributed by atoms with Crippen LogP contribution in [-0.2, 0) is 5.41 Å². The van der Waals surface area contributed by atoms with Crippen molar-refractivity contribution in [3.63, 3.8) is 0 Å². The highest BCUT2D eigenvalue weighted by Crippen LogP contribution is 2.23. The van der Waals surface area contributed by atoms with E-state index in [9.17, 15) is 0 Å². The van der Waals surface area contributed by atoms with Gasteiger partial charge in [0.05, 0.1) is 6.54 Å². The minimum absolute atomic E-state index is 0.0581. The fourth-order valence-electron chi connectivity index (χ4n) is 2.72. The Balaban J connectivity index is 1.70. The lowest BCUT2D eigenvalue weighted by molar-refractivity contribution is 0.164. The van der Waals surface area contributed by atoms with Crippen LogP contribution in [-0.4, -0.2) is 39.1 Å². The van der Waals surface area contributed by atoms with E-state index in [-0.39, 0.29) is 11.5 Å². The van der Waals surface area contributed by atoms with Crippen LogP contribution in [0.25, 0.3) is 0 Å². The quantitative estimate of drug-likeness (QED) is 0.864. The number of rotatable bonds is 3. The standard InChI is InChI=1S/C18H25N5O/c1-13-10-20-17(21-11-13)24-14-6-5-9-23(12-14)15-7-8-19-16(22-15)18(2,3)4/h7-8,10-11,14H,5-6,9,12H2,1-4H3. The zero-order chi connectivity index (χ0) is 17.2. The number of hydrogen-bond donors (Lipinski definition) is 0. The Morgan fingerprint density at radius 1 is 1.17 bits per heavy atom. The molecule has 3 heterocycles. The molecule has 1 saturated heterocycles. The van der Waals surface area contributed by atoms with Gasteiger partial charge in [0, 0.05) is 30.6 Å². The summed E-state index contributed by atoms with van der Waals surface area (Å²) in [6.45, 7) is 10.1. The van der Waals surface area contributed by atoms with Crippen molar-refractivity contribution in [3.05, 3.63) is 36.0 Å². The molecule has 0 N–H and O–H groups in total. The fourth-order valence-corrected chi connectivity index (χ4v) is 2.72. The molecule has 0 spiro atoms. The van der Waals surface area contributed by atoms with Crippen LogP contribution >= 0.6 is 0 Å². The molecule has 1 aliphatic heterocycles. The van der Waals surface area contributed by atoms with E-state index in [2.05, 4.69) is 40.6 Å². The molecule has 3 rings (SSSR count). The molecule has 0 radical (unpaired) electrons. The number of ether oxygens (including phenoxy) is 1. The van der Waals surface area contributed by atoms with Gasteiger partial charge < -0.3 is 9.64 Å². The van der Waals surface area contributed by atoms with E-state index in [0.29, 0.717) is 6.01 Å². The number of aryl methyl sites for hydroxylation is 1. The summed E-state index contributed by atoms with van der Waals surface area (Å²) in [5, 5.41) is 0. The molecule has 6 heteroatoms. The second kappa shape index (κ2) is 6.71. The topological polar surface area (TPSA) is 64.0 Å². The highest BCUT2D eigenvalue weighted by Gasteiger charge is 2.25. The van der Waals surface area contributed by atoms with Crippen LogP contribution in [0.3, 0.4) is 0 Å². The SMILES string of the molecule is Cc1cnc(OC2CCCN(c3ccnc(C(C)(C)C)n3)C2)nc1. The van der Waals surface area contributed by atoms with E-state index >= 15 is 0 Å². The molecule has 0 saturated carbocycles. The zero-order valence-corrected chi connectivity index (χ0v) is 14.9. The van der Waals surface area contributed by atoms with E-state index in [1.54, 1.807) is 12.4 Å². The monoisotopic (exact) mass is 327 g/mol. The summed E-state index contributed by atoms with van der Waals surface area (Å²) in [5.74, 6) is 1.83. The zero-order valence-electron chi connectivity index (χ0n) is 14.9. The first-order chi connectivity index (χ1) is 11.4. The molecule has 6 nitrogen and oxygen atoms in total. The smallest absolute Gasteiger partial charge is 0.316 e. The van der Waals surface area contributed by atoms with Crippen LogP contribution in [0.15, 0.2) is 24.7 Å². The second-order valence-corrected chi connectivity index (χ2v) is 7.36. The molecule has 1 atom stereocenters. The fraction of sp³-hybridized carbons (Fsp3) is 0.556. The Morgan fingerprint density at radius 3 is 2.62 bits per heavy atom. The van der Waals surface area contributed by atoms with Crippen molar-refractivity contribution in [2.45, 2.75) is 52.1 Å². The van der Waals surface area contributed by atoms with Crippen LogP contribution in [0, 0.1) is 6.92 Å². The number of piperidine rings is 1. The summed E-state index contributed by atoms with van der Waals surface area (Å²) in [6, 6.07) is 2.42. The average Bonchev–Trinajstić information content (AvgIpc) is 2.57. The van der Waals surface area contributed by atoms with Gasteiger partial charge in [0.25, 0.3) is 0 Å². The number of aromatic nitrogens is 4. The minimum atomic E-state index is -0.0581. The summed E-state index contributed by atoms with van der Waals surface area (Å²) in [7, 11) is 0. The first-order valence-corrected chi connectivity index (χ1v) is 8.45. The van der Waals surface area contributed by atoms with Gasteiger partial charge in [-0.15, -0.1) is 0 Å². The van der Waals surface area contributed by atoms with Crippen molar-refractivity contribution in [1.29, 1.82) is 0 Å². The highest BCUT2D eigenvalue weighted by atomic mass is 16.5. The summed E-state index contributed by atoms with van der Waals surface area (Å²) in [6.07, 6.45) is 7.55. The Morgan fingerprint density at radius 2 is 1.92 bits per heavy atom. The first-order valence-electron chi connectivity index (χ1n) is 8.45. The normalized spacial score (nSPS) is 18.5. The largest absolute Gasteiger partial charge is 0.458 e. The molecule has 0 amide bonds. The van der Waals surface area contributed by atoms with Gasteiger partial charge in [-0.2, -0.15) is 0 Å². The summed E-state index contributed by atoms with van der Waals surface area (Å²) >= 11 is 0. The Hall–Kier alpha value is -2.24. The maximum absolute atomic E-state index is 5.95. The van der Waals surface area contributed by atoms with Crippen molar-refractivity contribution in [1.82, 2.24) is 19.9 Å². The highest BCUT2D eigenvalue weighted by molar-refractivity contribution is 5.39. The van der Waals surface area contributed by atoms with Crippen molar-refractivity contribution >= 4 is 5.82 Å². The first kappa shape index (κ1) is 16.6. The number of anilines is 1. The molecule has 2 aromatic rings. The average molecular weight is 327 g/mol. The maximum atomic E-state index is 5.95. The van der Waals surface area contributed by atoms with Crippen LogP contribution in [0.4, 0.5) is 5.82 Å². The molecule has 128 valence electrons. The van der Waals surface area contributed by atoms with Gasteiger partial charge in [0.15, 0.2) is 0 Å². The molecular formula is C18H25N5O. The van der Waals surface area contributed by atoms with E-state index in [4.69, 9.17) is 9.72 Å². The van der Waals surface area contributed by atoms with E-state index in [0.717, 1.165) is 43.1 Å². The maximum Gasteiger partial charge on any atom is 0.316 e. The van der Waals surface area contributed by atoms with Crippen molar-refractivity contribution in [2.75, 3.05) is 18.0 Å². The van der Waals surface area contributed by atoms with E-state index in [1.165, 1.54) is 0 Å². The van der Waals surface area contributed by atoms with Crippen LogP contribution in [0.1, 0.15) is 45.0 Å². The Labute approximate surface area is 143 Å². The molecule has 0 bridgehead atoms. The third-order valence-electron chi connectivity index (χ3n) is 4.04. The predicted octanol–water partition coefficient (Wildman–Crippen LogP) is 2.92. The van der Waals surface area contributed by atoms with Gasteiger partial charge in [-0.3, -0.25) is 0 Å². The van der Waals surface area contributed by atoms with Gasteiger partial charge in [-0.25, -0.2) is 19.9 Å². The molecule has 2 aromatic heterocycles. The minimum Gasteiger partial charge on any atom is -0.458 e. The van der Waals surface area contributed by atoms with Gasteiger partial charge in [0.2, 0.25) is 0 Å². The van der Waals surface area contributed by atoms with E-state index in [1.807, 2.05) is 19.2 Å². The lowest BCUT2D eigenvalue weighted by Gasteiger charge is -2.33. The number of hydrogen-bond acceptors (Lipinski definition) is 6. The van der Waals surface area contributed by atoms with Crippen molar-refractivity contribution in [2.24, 2.45) is 0 Å². The third kappa shape index (κ3) is 3.99. The van der Waals surface area contributed by atoms with Gasteiger partial charge in [0.1, 0.15) is 17.7 Å². The van der Waals surface area contributed by atoms with Crippen LogP contribution < -0.4 is 9.64 Å². The molecular weight excluding hydrogens is 302 g/mol. The molecule has 1 fully saturated rings. The third-order valence-corrected chi connectivity index (χ3v) is 4.04. The van der Waals surface area contributed by atoms with Gasteiger partial charge in [-0.1, -0.05) is 20.8 Å². The summed E-state index contributed by atoms with van der Waals surface area (Å²) in [5.41, 5.74) is 0.973. The molecule has 0 aliphatic carbocycles. The molecule has 1 aliphatic rings. The van der Waals surface area contributed by atoms with Crippen LogP contribution in [0.2, 0.25) is 0 Å². The number of nitrogens with zero attached hydrogens (tertiary/aromatic N) is 5. The van der Waals surface area contributed by atoms with Crippen molar-refractivity contribution in [3.8, 4) is 6.01 Å². The summed E-state index contributed by atoms with van der Waals surface area (Å²) < 4.78 is 5.95. The van der Waals surface area contributed by atoms with Crippen molar-refractivity contribution < 1.29 is 4.74 Å².